The summed E-state index contributed by atoms with van der Waals surface area (Å²) in [5.41, 5.74) is 0.545. The Bertz CT molecular complexity index is 487. The van der Waals surface area contributed by atoms with Gasteiger partial charge < -0.3 is 4.42 Å². The monoisotopic (exact) mass is 194 g/mol. The Morgan fingerprint density at radius 2 is 2.08 bits per heavy atom. The Labute approximate surface area is 79.7 Å². The van der Waals surface area contributed by atoms with Crippen molar-refractivity contribution in [2.45, 2.75) is 5.88 Å². The highest BCUT2D eigenvalue weighted by Crippen LogP contribution is 2.12. The molecule has 3 heteroatoms. The standard InChI is InChI=1S/C10H7ClO2/c11-6-7-5-9(12)8-3-1-2-4-10(8)13-7/h1-5H,6H2. The molecular formula is C10H7ClO2. The largest absolute Gasteiger partial charge is 0.460 e. The van der Waals surface area contributed by atoms with Gasteiger partial charge in [-0.2, -0.15) is 0 Å². The number of rotatable bonds is 1. The zero-order valence-corrected chi connectivity index (χ0v) is 7.54. The predicted molar refractivity (Wildman–Crippen MR) is 52.0 cm³/mol. The van der Waals surface area contributed by atoms with E-state index in [9.17, 15) is 4.79 Å². The molecule has 0 saturated carbocycles. The molecule has 0 bridgehead atoms. The lowest BCUT2D eigenvalue weighted by Gasteiger charge is -1.97. The SMILES string of the molecule is O=c1cc(CCl)oc2ccccc12. The first-order valence-electron chi connectivity index (χ1n) is 3.89. The first kappa shape index (κ1) is 8.32. The fourth-order valence-electron chi connectivity index (χ4n) is 1.22. The van der Waals surface area contributed by atoms with Crippen LogP contribution in [0.2, 0.25) is 0 Å². The third kappa shape index (κ3) is 1.45. The summed E-state index contributed by atoms with van der Waals surface area (Å²) in [5.74, 6) is 0.727. The molecule has 0 radical (unpaired) electrons. The molecule has 0 N–H and O–H groups in total. The van der Waals surface area contributed by atoms with Crippen LogP contribution >= 0.6 is 11.6 Å². The van der Waals surface area contributed by atoms with Crippen molar-refractivity contribution in [3.05, 3.63) is 46.3 Å². The summed E-state index contributed by atoms with van der Waals surface area (Å²) in [6.45, 7) is 0. The lowest BCUT2D eigenvalue weighted by molar-refractivity contribution is 0.559. The number of benzene rings is 1. The van der Waals surface area contributed by atoms with Crippen LogP contribution in [0.4, 0.5) is 0 Å². The molecule has 0 saturated heterocycles. The van der Waals surface area contributed by atoms with Gasteiger partial charge in [0.15, 0.2) is 5.43 Å². The van der Waals surface area contributed by atoms with Crippen LogP contribution in [0.25, 0.3) is 11.0 Å². The van der Waals surface area contributed by atoms with E-state index in [1.165, 1.54) is 6.07 Å². The quantitative estimate of drug-likeness (QED) is 0.653. The normalized spacial score (nSPS) is 10.5. The minimum absolute atomic E-state index is 0.0440. The van der Waals surface area contributed by atoms with Gasteiger partial charge >= 0.3 is 0 Å². The fourth-order valence-corrected chi connectivity index (χ4v) is 1.35. The highest BCUT2D eigenvalue weighted by atomic mass is 35.5. The van der Waals surface area contributed by atoms with Gasteiger partial charge in [-0.3, -0.25) is 4.79 Å². The molecule has 1 heterocycles. The maximum absolute atomic E-state index is 11.4. The summed E-state index contributed by atoms with van der Waals surface area (Å²) >= 11 is 5.57. The van der Waals surface area contributed by atoms with Crippen molar-refractivity contribution < 1.29 is 4.42 Å². The van der Waals surface area contributed by atoms with E-state index in [1.807, 2.05) is 6.07 Å². The summed E-state index contributed by atoms with van der Waals surface area (Å²) in [6, 6.07) is 8.55. The summed E-state index contributed by atoms with van der Waals surface area (Å²) in [5, 5.41) is 0.594. The van der Waals surface area contributed by atoms with E-state index >= 15 is 0 Å². The molecule has 0 unspecified atom stereocenters. The first-order chi connectivity index (χ1) is 6.31. The Kier molecular flexibility index (Phi) is 2.07. The van der Waals surface area contributed by atoms with Gasteiger partial charge in [0, 0.05) is 6.07 Å². The van der Waals surface area contributed by atoms with Crippen LogP contribution in [0.3, 0.4) is 0 Å². The lowest BCUT2D eigenvalue weighted by atomic mass is 10.2. The predicted octanol–water partition coefficient (Wildman–Crippen LogP) is 2.53. The van der Waals surface area contributed by atoms with Crippen LogP contribution in [0.1, 0.15) is 5.76 Å². The van der Waals surface area contributed by atoms with Gasteiger partial charge in [-0.15, -0.1) is 11.6 Å². The molecule has 0 spiro atoms. The average molecular weight is 195 g/mol. The molecule has 0 aliphatic carbocycles. The van der Waals surface area contributed by atoms with E-state index in [0.29, 0.717) is 16.7 Å². The van der Waals surface area contributed by atoms with E-state index in [0.717, 1.165) is 0 Å². The van der Waals surface area contributed by atoms with Crippen molar-refractivity contribution in [2.24, 2.45) is 0 Å². The summed E-state index contributed by atoms with van der Waals surface area (Å²) in [7, 11) is 0. The van der Waals surface area contributed by atoms with Crippen molar-refractivity contribution in [1.82, 2.24) is 0 Å². The van der Waals surface area contributed by atoms with Crippen molar-refractivity contribution in [2.75, 3.05) is 0 Å². The van der Waals surface area contributed by atoms with Gasteiger partial charge in [0.25, 0.3) is 0 Å². The van der Waals surface area contributed by atoms with Crippen LogP contribution in [0.5, 0.6) is 0 Å². The zero-order valence-electron chi connectivity index (χ0n) is 6.79. The van der Waals surface area contributed by atoms with Crippen LogP contribution in [-0.4, -0.2) is 0 Å². The number of hydrogen-bond donors (Lipinski definition) is 0. The molecule has 0 aliphatic heterocycles. The summed E-state index contributed by atoms with van der Waals surface area (Å²) in [6.07, 6.45) is 0. The van der Waals surface area contributed by atoms with E-state index in [-0.39, 0.29) is 11.3 Å². The third-order valence-corrected chi connectivity index (χ3v) is 2.08. The lowest BCUT2D eigenvalue weighted by Crippen LogP contribution is -2.00. The smallest absolute Gasteiger partial charge is 0.192 e. The molecule has 2 rings (SSSR count). The second-order valence-electron chi connectivity index (χ2n) is 2.71. The van der Waals surface area contributed by atoms with E-state index < -0.39 is 0 Å². The van der Waals surface area contributed by atoms with Gasteiger partial charge in [0.2, 0.25) is 0 Å². The summed E-state index contributed by atoms with van der Waals surface area (Å²) < 4.78 is 5.36. The Balaban J connectivity index is 2.85. The Morgan fingerprint density at radius 3 is 2.85 bits per heavy atom. The Morgan fingerprint density at radius 1 is 1.31 bits per heavy atom. The topological polar surface area (TPSA) is 30.2 Å². The second kappa shape index (κ2) is 3.23. The van der Waals surface area contributed by atoms with Crippen LogP contribution in [0.15, 0.2) is 39.5 Å². The van der Waals surface area contributed by atoms with Crippen LogP contribution < -0.4 is 5.43 Å². The second-order valence-corrected chi connectivity index (χ2v) is 2.97. The van der Waals surface area contributed by atoms with Crippen molar-refractivity contribution in [3.8, 4) is 0 Å². The number of hydrogen-bond acceptors (Lipinski definition) is 2. The molecule has 1 aromatic carbocycles. The van der Waals surface area contributed by atoms with Crippen molar-refractivity contribution in [1.29, 1.82) is 0 Å². The molecule has 2 nitrogen and oxygen atoms in total. The molecule has 2 aromatic rings. The number of para-hydroxylation sites is 1. The molecule has 0 aliphatic rings. The third-order valence-electron chi connectivity index (χ3n) is 1.82. The number of halogens is 1. The van der Waals surface area contributed by atoms with Crippen molar-refractivity contribution in [3.63, 3.8) is 0 Å². The Hall–Kier alpha value is -1.28. The first-order valence-corrected chi connectivity index (χ1v) is 4.42. The van der Waals surface area contributed by atoms with Gasteiger partial charge in [-0.05, 0) is 12.1 Å². The highest BCUT2D eigenvalue weighted by molar-refractivity contribution is 6.16. The maximum atomic E-state index is 11.4. The summed E-state index contributed by atoms with van der Waals surface area (Å²) in [4.78, 5) is 11.4. The van der Waals surface area contributed by atoms with E-state index in [2.05, 4.69) is 0 Å². The van der Waals surface area contributed by atoms with Crippen LogP contribution in [-0.2, 0) is 5.88 Å². The van der Waals surface area contributed by atoms with E-state index in [4.69, 9.17) is 16.0 Å². The molecule has 13 heavy (non-hydrogen) atoms. The van der Waals surface area contributed by atoms with E-state index in [1.54, 1.807) is 18.2 Å². The zero-order chi connectivity index (χ0) is 9.26. The minimum Gasteiger partial charge on any atom is -0.460 e. The van der Waals surface area contributed by atoms with Gasteiger partial charge in [0.1, 0.15) is 11.3 Å². The average Bonchev–Trinajstić information content (AvgIpc) is 2.18. The molecule has 1 aromatic heterocycles. The van der Waals surface area contributed by atoms with Crippen molar-refractivity contribution >= 4 is 22.6 Å². The maximum Gasteiger partial charge on any atom is 0.192 e. The van der Waals surface area contributed by atoms with Gasteiger partial charge in [-0.25, -0.2) is 0 Å². The van der Waals surface area contributed by atoms with Gasteiger partial charge in [-0.1, -0.05) is 12.1 Å². The molecule has 0 amide bonds. The number of alkyl halides is 1. The van der Waals surface area contributed by atoms with Gasteiger partial charge in [0.05, 0.1) is 11.3 Å². The molecule has 0 atom stereocenters. The molecular weight excluding hydrogens is 188 g/mol. The molecule has 0 fully saturated rings. The fraction of sp³-hybridized carbons (Fsp3) is 0.100. The number of fused-ring (bicyclic) bond motifs is 1. The highest BCUT2D eigenvalue weighted by Gasteiger charge is 2.01. The molecule has 66 valence electrons. The minimum atomic E-state index is -0.0440. The van der Waals surface area contributed by atoms with Crippen LogP contribution in [0, 0.1) is 0 Å².